The Bertz CT molecular complexity index is 758. The summed E-state index contributed by atoms with van der Waals surface area (Å²) in [7, 11) is 0. The van der Waals surface area contributed by atoms with Crippen LogP contribution in [0.3, 0.4) is 0 Å². The molecule has 0 bridgehead atoms. The average Bonchev–Trinajstić information content (AvgIpc) is 2.73. The molecule has 0 radical (unpaired) electrons. The van der Waals surface area contributed by atoms with Crippen molar-refractivity contribution in [1.82, 2.24) is 15.3 Å². The molecule has 3 heterocycles. The van der Waals surface area contributed by atoms with Gasteiger partial charge in [-0.25, -0.2) is 4.98 Å². The van der Waals surface area contributed by atoms with Crippen LogP contribution in [0.2, 0.25) is 0 Å². The third-order valence-electron chi connectivity index (χ3n) is 5.90. The lowest BCUT2D eigenvalue weighted by Gasteiger charge is -2.33. The van der Waals surface area contributed by atoms with E-state index in [9.17, 15) is 0 Å². The summed E-state index contributed by atoms with van der Waals surface area (Å²) in [4.78, 5) is 13.4. The van der Waals surface area contributed by atoms with Gasteiger partial charge in [-0.3, -0.25) is 0 Å². The number of nitrogens with two attached hydrogens (primary N) is 1. The topological polar surface area (TPSA) is 70.3 Å². The fraction of sp³-hybridized carbons (Fsp3) is 0.545. The lowest BCUT2D eigenvalue weighted by molar-refractivity contribution is 0.412. The molecule has 2 fully saturated rings. The number of rotatable bonds is 5. The molecule has 0 spiro atoms. The summed E-state index contributed by atoms with van der Waals surface area (Å²) in [6, 6.07) is 11.6. The second kappa shape index (κ2) is 8.78. The number of nitrogens with one attached hydrogen (secondary N) is 1. The summed E-state index contributed by atoms with van der Waals surface area (Å²) in [5.74, 6) is 1.32. The minimum absolute atomic E-state index is 0.365. The van der Waals surface area contributed by atoms with E-state index in [1.165, 1.54) is 43.6 Å². The molecule has 2 aliphatic heterocycles. The first-order valence-corrected chi connectivity index (χ1v) is 10.6. The van der Waals surface area contributed by atoms with Crippen molar-refractivity contribution in [2.24, 2.45) is 0 Å². The van der Waals surface area contributed by atoms with Gasteiger partial charge in [0.15, 0.2) is 0 Å². The molecule has 150 valence electrons. The Hall–Kier alpha value is -2.34. The van der Waals surface area contributed by atoms with Gasteiger partial charge in [-0.1, -0.05) is 12.1 Å². The molecule has 2 aromatic rings. The predicted molar refractivity (Wildman–Crippen MR) is 116 cm³/mol. The normalized spacial score (nSPS) is 18.5. The molecule has 0 aliphatic carbocycles. The maximum atomic E-state index is 5.81. The van der Waals surface area contributed by atoms with Crippen LogP contribution in [0.25, 0.3) is 0 Å². The fourth-order valence-corrected chi connectivity index (χ4v) is 4.33. The molecular weight excluding hydrogens is 348 g/mol. The molecule has 2 aliphatic rings. The molecule has 2 saturated heterocycles. The number of hydrogen-bond acceptors (Lipinski definition) is 6. The lowest BCUT2D eigenvalue weighted by Crippen LogP contribution is -2.42. The highest BCUT2D eigenvalue weighted by molar-refractivity contribution is 5.49. The van der Waals surface area contributed by atoms with Crippen molar-refractivity contribution in [1.29, 1.82) is 0 Å². The van der Waals surface area contributed by atoms with Crippen LogP contribution in [0, 0.1) is 6.92 Å². The van der Waals surface area contributed by atoms with Crippen molar-refractivity contribution in [2.45, 2.75) is 51.6 Å². The number of anilines is 3. The van der Waals surface area contributed by atoms with Crippen LogP contribution >= 0.6 is 0 Å². The van der Waals surface area contributed by atoms with Crippen molar-refractivity contribution in [3.63, 3.8) is 0 Å². The van der Waals surface area contributed by atoms with E-state index < -0.39 is 0 Å². The van der Waals surface area contributed by atoms with Gasteiger partial charge in [0.1, 0.15) is 5.82 Å². The molecule has 6 nitrogen and oxygen atoms in total. The third kappa shape index (κ3) is 4.73. The lowest BCUT2D eigenvalue weighted by atomic mass is 10.0. The molecule has 0 unspecified atom stereocenters. The number of aryl methyl sites for hydroxylation is 1. The Morgan fingerprint density at radius 3 is 2.54 bits per heavy atom. The number of piperidine rings is 2. The summed E-state index contributed by atoms with van der Waals surface area (Å²) in [5, 5.41) is 3.76. The van der Waals surface area contributed by atoms with Gasteiger partial charge in [-0.05, 0) is 56.7 Å². The van der Waals surface area contributed by atoms with Gasteiger partial charge < -0.3 is 20.9 Å². The van der Waals surface area contributed by atoms with Gasteiger partial charge in [-0.2, -0.15) is 4.98 Å². The van der Waals surface area contributed by atoms with Gasteiger partial charge in [0, 0.05) is 56.2 Å². The number of aromatic nitrogens is 2. The average molecular weight is 381 g/mol. The minimum Gasteiger partial charge on any atom is -0.372 e. The smallest absolute Gasteiger partial charge is 0.222 e. The van der Waals surface area contributed by atoms with E-state index in [0.29, 0.717) is 12.0 Å². The van der Waals surface area contributed by atoms with E-state index >= 15 is 0 Å². The third-order valence-corrected chi connectivity index (χ3v) is 5.90. The Kier molecular flexibility index (Phi) is 5.95. The van der Waals surface area contributed by atoms with Crippen LogP contribution in [0.4, 0.5) is 17.5 Å². The number of nitrogen functional groups attached to an aromatic ring is 1. The number of benzene rings is 1. The van der Waals surface area contributed by atoms with Crippen molar-refractivity contribution in [3.8, 4) is 0 Å². The molecule has 1 aromatic heterocycles. The van der Waals surface area contributed by atoms with Gasteiger partial charge in [-0.15, -0.1) is 0 Å². The SMILES string of the molecule is Cc1cc(N2CCC(NCc3cccc(N4CCCCC4)c3)CC2)nc(N)n1. The van der Waals surface area contributed by atoms with Gasteiger partial charge in [0.25, 0.3) is 0 Å². The van der Waals surface area contributed by atoms with Crippen LogP contribution in [-0.2, 0) is 6.54 Å². The van der Waals surface area contributed by atoms with Crippen LogP contribution in [0.15, 0.2) is 30.3 Å². The number of nitrogens with zero attached hydrogens (tertiary/aromatic N) is 4. The second-order valence-electron chi connectivity index (χ2n) is 8.09. The monoisotopic (exact) mass is 380 g/mol. The van der Waals surface area contributed by atoms with Crippen molar-refractivity contribution in [2.75, 3.05) is 41.7 Å². The van der Waals surface area contributed by atoms with E-state index in [4.69, 9.17) is 5.73 Å². The molecule has 4 rings (SSSR count). The Morgan fingerprint density at radius 1 is 1.00 bits per heavy atom. The summed E-state index contributed by atoms with van der Waals surface area (Å²) in [5.41, 5.74) is 9.49. The van der Waals surface area contributed by atoms with Crippen LogP contribution in [-0.4, -0.2) is 42.2 Å². The van der Waals surface area contributed by atoms with Crippen molar-refractivity contribution in [3.05, 3.63) is 41.6 Å². The number of hydrogen-bond donors (Lipinski definition) is 2. The molecule has 28 heavy (non-hydrogen) atoms. The van der Waals surface area contributed by atoms with Crippen molar-refractivity contribution < 1.29 is 0 Å². The van der Waals surface area contributed by atoms with E-state index in [-0.39, 0.29) is 0 Å². The van der Waals surface area contributed by atoms with E-state index in [0.717, 1.165) is 44.0 Å². The van der Waals surface area contributed by atoms with Gasteiger partial charge >= 0.3 is 0 Å². The highest BCUT2D eigenvalue weighted by Crippen LogP contribution is 2.22. The Labute approximate surface area is 168 Å². The quantitative estimate of drug-likeness (QED) is 0.831. The van der Waals surface area contributed by atoms with Gasteiger partial charge in [0.2, 0.25) is 5.95 Å². The van der Waals surface area contributed by atoms with Gasteiger partial charge in [0.05, 0.1) is 0 Å². The van der Waals surface area contributed by atoms with E-state index in [2.05, 4.69) is 49.4 Å². The predicted octanol–water partition coefficient (Wildman–Crippen LogP) is 3.12. The highest BCUT2D eigenvalue weighted by atomic mass is 15.2. The zero-order valence-corrected chi connectivity index (χ0v) is 16.9. The summed E-state index contributed by atoms with van der Waals surface area (Å²) >= 11 is 0. The largest absolute Gasteiger partial charge is 0.372 e. The van der Waals surface area contributed by atoms with Crippen LogP contribution < -0.4 is 20.9 Å². The molecule has 1 aromatic carbocycles. The standard InChI is InChI=1S/C22H32N6/c1-17-14-21(26-22(23)25-17)28-12-8-19(9-13-28)24-16-18-6-5-7-20(15-18)27-10-3-2-4-11-27/h5-7,14-15,19,24H,2-4,8-13,16H2,1H3,(H2,23,25,26). The molecule has 0 amide bonds. The molecule has 3 N–H and O–H groups in total. The Morgan fingerprint density at radius 2 is 1.79 bits per heavy atom. The minimum atomic E-state index is 0.365. The first-order chi connectivity index (χ1) is 13.7. The van der Waals surface area contributed by atoms with E-state index in [1.54, 1.807) is 0 Å². The maximum Gasteiger partial charge on any atom is 0.222 e. The zero-order chi connectivity index (χ0) is 19.3. The molecule has 6 heteroatoms. The van der Waals surface area contributed by atoms with Crippen molar-refractivity contribution >= 4 is 17.5 Å². The first-order valence-electron chi connectivity index (χ1n) is 10.6. The molecule has 0 atom stereocenters. The Balaban J connectivity index is 1.28. The summed E-state index contributed by atoms with van der Waals surface area (Å²) < 4.78 is 0. The van der Waals surface area contributed by atoms with Crippen LogP contribution in [0.5, 0.6) is 0 Å². The highest BCUT2D eigenvalue weighted by Gasteiger charge is 2.20. The first kappa shape index (κ1) is 19.0. The second-order valence-corrected chi connectivity index (χ2v) is 8.09. The summed E-state index contributed by atoms with van der Waals surface area (Å²) in [6.07, 6.45) is 6.25. The fourth-order valence-electron chi connectivity index (χ4n) is 4.33. The molecule has 0 saturated carbocycles. The maximum absolute atomic E-state index is 5.81. The van der Waals surface area contributed by atoms with E-state index in [1.807, 2.05) is 13.0 Å². The zero-order valence-electron chi connectivity index (χ0n) is 16.9. The molecular formula is C22H32N6. The van der Waals surface area contributed by atoms with Crippen LogP contribution in [0.1, 0.15) is 43.4 Å². The summed E-state index contributed by atoms with van der Waals surface area (Å²) in [6.45, 7) is 7.30.